The summed E-state index contributed by atoms with van der Waals surface area (Å²) in [5.41, 5.74) is 0.935. The lowest BCUT2D eigenvalue weighted by Gasteiger charge is -2.40. The zero-order valence-electron chi connectivity index (χ0n) is 22.0. The van der Waals surface area contributed by atoms with Crippen LogP contribution in [0.2, 0.25) is 5.02 Å². The van der Waals surface area contributed by atoms with Crippen LogP contribution in [0.5, 0.6) is 0 Å². The fourth-order valence-corrected chi connectivity index (χ4v) is 6.49. The number of urea groups is 1. The molecule has 0 spiro atoms. The summed E-state index contributed by atoms with van der Waals surface area (Å²) in [6, 6.07) is 4.47. The first-order valence-electron chi connectivity index (χ1n) is 14.1. The Hall–Kier alpha value is -2.65. The Morgan fingerprint density at radius 3 is 2.26 bits per heavy atom. The van der Waals surface area contributed by atoms with Crippen LogP contribution < -0.4 is 10.2 Å². The Bertz CT molecular complexity index is 1060. The number of likely N-dealkylation sites (tertiary alicyclic amines) is 1. The topological polar surface area (TPSA) is 93.3 Å². The van der Waals surface area contributed by atoms with Gasteiger partial charge in [-0.1, -0.05) is 30.9 Å². The zero-order valence-corrected chi connectivity index (χ0v) is 22.8. The SMILES string of the molecule is O=C1CCN(c2cc(C(=O)N3CCC(CN4CCN(C(=O)C5CCCCC5)CC4)CC3)ccc2Cl)C(=O)N1. The summed E-state index contributed by atoms with van der Waals surface area (Å²) < 4.78 is 0. The first kappa shape index (κ1) is 26.9. The monoisotopic (exact) mass is 543 g/mol. The van der Waals surface area contributed by atoms with E-state index in [1.165, 1.54) is 24.2 Å². The van der Waals surface area contributed by atoms with Crippen molar-refractivity contribution < 1.29 is 19.2 Å². The molecule has 4 aliphatic rings. The van der Waals surface area contributed by atoms with Crippen LogP contribution in [0.4, 0.5) is 10.5 Å². The van der Waals surface area contributed by atoms with Gasteiger partial charge in [0.2, 0.25) is 11.8 Å². The van der Waals surface area contributed by atoms with Crippen molar-refractivity contribution >= 4 is 41.0 Å². The predicted molar refractivity (Wildman–Crippen MR) is 145 cm³/mol. The van der Waals surface area contributed by atoms with E-state index < -0.39 is 6.03 Å². The number of piperazine rings is 1. The summed E-state index contributed by atoms with van der Waals surface area (Å²) in [5, 5.41) is 2.66. The number of anilines is 1. The van der Waals surface area contributed by atoms with Gasteiger partial charge in [-0.2, -0.15) is 0 Å². The van der Waals surface area contributed by atoms with Crippen LogP contribution in [-0.4, -0.2) is 90.8 Å². The second-order valence-electron chi connectivity index (χ2n) is 11.1. The number of rotatable bonds is 5. The molecule has 1 aromatic rings. The van der Waals surface area contributed by atoms with Gasteiger partial charge in [-0.3, -0.25) is 29.5 Å². The van der Waals surface area contributed by atoms with Gasteiger partial charge in [-0.15, -0.1) is 0 Å². The maximum atomic E-state index is 13.3. The molecule has 3 heterocycles. The number of carbonyl (C=O) groups is 4. The Kier molecular flexibility index (Phi) is 8.53. The molecule has 1 N–H and O–H groups in total. The van der Waals surface area contributed by atoms with Crippen LogP contribution >= 0.6 is 11.6 Å². The normalized spacial score (nSPS) is 22.5. The van der Waals surface area contributed by atoms with E-state index in [2.05, 4.69) is 15.1 Å². The van der Waals surface area contributed by atoms with Gasteiger partial charge in [0.05, 0.1) is 10.7 Å². The van der Waals surface area contributed by atoms with E-state index in [1.54, 1.807) is 18.2 Å². The number of carbonyl (C=O) groups excluding carboxylic acids is 4. The lowest BCUT2D eigenvalue weighted by atomic mass is 9.88. The van der Waals surface area contributed by atoms with Gasteiger partial charge < -0.3 is 9.80 Å². The van der Waals surface area contributed by atoms with Crippen LogP contribution in [0, 0.1) is 11.8 Å². The van der Waals surface area contributed by atoms with Crippen molar-refractivity contribution in [2.75, 3.05) is 57.3 Å². The standard InChI is InChI=1S/C28H38ClN5O4/c29-23-7-6-22(18-24(23)34-13-10-25(35)30-28(34)38)27(37)32-11-8-20(9-12-32)19-31-14-16-33(17-15-31)26(36)21-4-2-1-3-5-21/h6-7,18,20-21H,1-5,8-17,19H2,(H,30,35,38). The minimum atomic E-state index is -0.521. The molecule has 10 heteroatoms. The number of amides is 5. The number of halogens is 1. The van der Waals surface area contributed by atoms with E-state index in [4.69, 9.17) is 11.6 Å². The summed E-state index contributed by atoms with van der Waals surface area (Å²) in [4.78, 5) is 57.8. The minimum Gasteiger partial charge on any atom is -0.340 e. The second-order valence-corrected chi connectivity index (χ2v) is 11.5. The van der Waals surface area contributed by atoms with Gasteiger partial charge >= 0.3 is 6.03 Å². The van der Waals surface area contributed by atoms with E-state index in [-0.39, 0.29) is 30.7 Å². The number of imide groups is 1. The van der Waals surface area contributed by atoms with Crippen molar-refractivity contribution in [2.24, 2.45) is 11.8 Å². The summed E-state index contributed by atoms with van der Waals surface area (Å²) >= 11 is 6.34. The summed E-state index contributed by atoms with van der Waals surface area (Å²) in [6.45, 7) is 6.16. The number of hydrogen-bond donors (Lipinski definition) is 1. The Balaban J connectivity index is 1.09. The Labute approximate surface area is 229 Å². The molecule has 3 saturated heterocycles. The smallest absolute Gasteiger partial charge is 0.328 e. The molecule has 5 amide bonds. The third kappa shape index (κ3) is 6.15. The quantitative estimate of drug-likeness (QED) is 0.614. The lowest BCUT2D eigenvalue weighted by Crippen LogP contribution is -2.52. The first-order chi connectivity index (χ1) is 18.4. The lowest BCUT2D eigenvalue weighted by molar-refractivity contribution is -0.138. The molecule has 0 atom stereocenters. The van der Waals surface area contributed by atoms with Crippen LogP contribution in [0.15, 0.2) is 18.2 Å². The van der Waals surface area contributed by atoms with Gasteiger partial charge in [0.1, 0.15) is 0 Å². The maximum Gasteiger partial charge on any atom is 0.328 e. The molecular weight excluding hydrogens is 506 g/mol. The van der Waals surface area contributed by atoms with E-state index in [0.29, 0.717) is 41.2 Å². The third-order valence-corrected chi connectivity index (χ3v) is 8.91. The highest BCUT2D eigenvalue weighted by molar-refractivity contribution is 6.34. The molecule has 0 unspecified atom stereocenters. The minimum absolute atomic E-state index is 0.0651. The van der Waals surface area contributed by atoms with Crippen molar-refractivity contribution in [3.8, 4) is 0 Å². The van der Waals surface area contributed by atoms with Crippen LogP contribution in [-0.2, 0) is 9.59 Å². The number of hydrogen-bond acceptors (Lipinski definition) is 5. The van der Waals surface area contributed by atoms with E-state index in [1.807, 2.05) is 4.90 Å². The van der Waals surface area contributed by atoms with Crippen LogP contribution in [0.3, 0.4) is 0 Å². The molecule has 1 aliphatic carbocycles. The van der Waals surface area contributed by atoms with Crippen molar-refractivity contribution in [1.82, 2.24) is 20.0 Å². The number of nitrogens with one attached hydrogen (secondary N) is 1. The average molecular weight is 544 g/mol. The Morgan fingerprint density at radius 2 is 1.58 bits per heavy atom. The molecule has 1 saturated carbocycles. The van der Waals surface area contributed by atoms with Crippen LogP contribution in [0.25, 0.3) is 0 Å². The molecule has 5 rings (SSSR count). The highest BCUT2D eigenvalue weighted by atomic mass is 35.5. The molecule has 206 valence electrons. The highest BCUT2D eigenvalue weighted by Gasteiger charge is 2.31. The largest absolute Gasteiger partial charge is 0.340 e. The molecule has 0 radical (unpaired) electrons. The molecule has 1 aromatic carbocycles. The van der Waals surface area contributed by atoms with Gasteiger partial charge in [0.25, 0.3) is 5.91 Å². The Morgan fingerprint density at radius 1 is 0.868 bits per heavy atom. The average Bonchev–Trinajstić information content (AvgIpc) is 2.94. The van der Waals surface area contributed by atoms with Crippen molar-refractivity contribution in [2.45, 2.75) is 51.4 Å². The molecule has 9 nitrogen and oxygen atoms in total. The zero-order chi connectivity index (χ0) is 26.6. The van der Waals surface area contributed by atoms with Crippen molar-refractivity contribution in [3.63, 3.8) is 0 Å². The molecule has 0 aromatic heterocycles. The number of benzene rings is 1. The van der Waals surface area contributed by atoms with Gasteiger partial charge in [0.15, 0.2) is 0 Å². The van der Waals surface area contributed by atoms with Gasteiger partial charge in [-0.25, -0.2) is 4.79 Å². The number of piperidine rings is 1. The molecular formula is C28H38ClN5O4. The molecule has 0 bridgehead atoms. The van der Waals surface area contributed by atoms with E-state index >= 15 is 0 Å². The van der Waals surface area contributed by atoms with Gasteiger partial charge in [-0.05, 0) is 49.8 Å². The number of nitrogens with zero attached hydrogens (tertiary/aromatic N) is 4. The van der Waals surface area contributed by atoms with Crippen molar-refractivity contribution in [1.29, 1.82) is 0 Å². The molecule has 3 aliphatic heterocycles. The second kappa shape index (κ2) is 12.0. The van der Waals surface area contributed by atoms with Crippen molar-refractivity contribution in [3.05, 3.63) is 28.8 Å². The van der Waals surface area contributed by atoms with Crippen LogP contribution in [0.1, 0.15) is 61.7 Å². The van der Waals surface area contributed by atoms with Gasteiger partial charge in [0, 0.05) is 70.3 Å². The summed E-state index contributed by atoms with van der Waals surface area (Å²) in [6.07, 6.45) is 7.85. The molecule has 38 heavy (non-hydrogen) atoms. The highest BCUT2D eigenvalue weighted by Crippen LogP contribution is 2.30. The predicted octanol–water partition coefficient (Wildman–Crippen LogP) is 3.36. The van der Waals surface area contributed by atoms with E-state index in [0.717, 1.165) is 58.4 Å². The summed E-state index contributed by atoms with van der Waals surface area (Å²) in [7, 11) is 0. The summed E-state index contributed by atoms with van der Waals surface area (Å²) in [5.74, 6) is 0.776. The maximum absolute atomic E-state index is 13.3. The van der Waals surface area contributed by atoms with E-state index in [9.17, 15) is 19.2 Å². The third-order valence-electron chi connectivity index (χ3n) is 8.59. The fraction of sp³-hybridized carbons (Fsp3) is 0.643. The first-order valence-corrected chi connectivity index (χ1v) is 14.5. The fourth-order valence-electron chi connectivity index (χ4n) is 6.27. The molecule has 4 fully saturated rings.